The topological polar surface area (TPSA) is 57.0 Å². The molecule has 5 heteroatoms. The lowest BCUT2D eigenvalue weighted by atomic mass is 9.98. The van der Waals surface area contributed by atoms with Gasteiger partial charge in [-0.3, -0.25) is 9.78 Å². The zero-order valence-electron chi connectivity index (χ0n) is 15.2. The molecule has 0 spiro atoms. The third-order valence-electron chi connectivity index (χ3n) is 5.13. The summed E-state index contributed by atoms with van der Waals surface area (Å²) in [7, 11) is 0. The van der Waals surface area contributed by atoms with Gasteiger partial charge < -0.3 is 4.90 Å². The number of carbonyl (C=O) groups is 1. The number of hydrogen-bond acceptors (Lipinski definition) is 3. The first-order chi connectivity index (χ1) is 13.7. The molecule has 1 atom stereocenters. The number of pyridine rings is 1. The molecule has 0 bridgehead atoms. The van der Waals surface area contributed by atoms with Gasteiger partial charge in [-0.1, -0.05) is 29.8 Å². The highest BCUT2D eigenvalue weighted by Gasteiger charge is 2.33. The van der Waals surface area contributed by atoms with Gasteiger partial charge in [-0.15, -0.1) is 0 Å². The molecule has 0 saturated carbocycles. The Hall–Kier alpha value is -3.16. The van der Waals surface area contributed by atoms with E-state index in [9.17, 15) is 10.1 Å². The zero-order chi connectivity index (χ0) is 19.5. The minimum Gasteiger partial charge on any atom is -0.311 e. The van der Waals surface area contributed by atoms with Crippen LogP contribution in [0.5, 0.6) is 0 Å². The highest BCUT2D eigenvalue weighted by molar-refractivity contribution is 6.30. The Morgan fingerprint density at radius 2 is 1.82 bits per heavy atom. The summed E-state index contributed by atoms with van der Waals surface area (Å²) in [5.74, 6) is -0.00398. The summed E-state index contributed by atoms with van der Waals surface area (Å²) in [5, 5.41) is 10.3. The van der Waals surface area contributed by atoms with Gasteiger partial charge >= 0.3 is 0 Å². The lowest BCUT2D eigenvalue weighted by molar-refractivity contribution is -0.120. The van der Waals surface area contributed by atoms with Crippen molar-refractivity contribution in [3.05, 3.63) is 83.1 Å². The van der Waals surface area contributed by atoms with E-state index in [2.05, 4.69) is 11.1 Å². The molecule has 4 nitrogen and oxygen atoms in total. The summed E-state index contributed by atoms with van der Waals surface area (Å²) < 4.78 is 0. The van der Waals surface area contributed by atoms with Crippen LogP contribution in [0, 0.1) is 17.2 Å². The van der Waals surface area contributed by atoms with Crippen molar-refractivity contribution in [3.8, 4) is 17.2 Å². The van der Waals surface area contributed by atoms with Crippen molar-refractivity contribution in [1.29, 1.82) is 5.26 Å². The van der Waals surface area contributed by atoms with Crippen LogP contribution in [0.4, 0.5) is 5.69 Å². The van der Waals surface area contributed by atoms with E-state index in [1.54, 1.807) is 17.3 Å². The lowest BCUT2D eigenvalue weighted by Gasteiger charge is -2.19. The van der Waals surface area contributed by atoms with E-state index in [1.807, 2.05) is 54.6 Å². The highest BCUT2D eigenvalue weighted by atomic mass is 35.5. The molecule has 1 aromatic heterocycles. The predicted molar refractivity (Wildman–Crippen MR) is 110 cm³/mol. The number of benzene rings is 2. The first-order valence-corrected chi connectivity index (χ1v) is 9.54. The number of nitriles is 1. The summed E-state index contributed by atoms with van der Waals surface area (Å²) in [6, 6.07) is 19.3. The minimum atomic E-state index is -0.0763. The number of aromatic nitrogens is 1. The van der Waals surface area contributed by atoms with Crippen molar-refractivity contribution in [2.24, 2.45) is 5.92 Å². The average Bonchev–Trinajstić information content (AvgIpc) is 3.10. The Kier molecular flexibility index (Phi) is 5.10. The molecule has 2 aromatic carbocycles. The van der Waals surface area contributed by atoms with E-state index in [0.29, 0.717) is 29.2 Å². The number of hydrogen-bond donors (Lipinski definition) is 0. The average molecular weight is 388 g/mol. The van der Waals surface area contributed by atoms with Gasteiger partial charge in [-0.25, -0.2) is 0 Å². The summed E-state index contributed by atoms with van der Waals surface area (Å²) >= 11 is 5.94. The molecule has 1 unspecified atom stereocenters. The van der Waals surface area contributed by atoms with Gasteiger partial charge in [0, 0.05) is 29.9 Å². The molecule has 28 heavy (non-hydrogen) atoms. The number of rotatable bonds is 4. The molecule has 0 radical (unpaired) electrons. The Morgan fingerprint density at radius 1 is 1.07 bits per heavy atom. The normalized spacial score (nSPS) is 16.2. The van der Waals surface area contributed by atoms with Gasteiger partial charge in [0.15, 0.2) is 0 Å². The van der Waals surface area contributed by atoms with Crippen LogP contribution >= 0.6 is 11.6 Å². The van der Waals surface area contributed by atoms with Crippen LogP contribution in [-0.2, 0) is 11.2 Å². The maximum atomic E-state index is 13.0. The number of nitrogens with zero attached hydrogens (tertiary/aromatic N) is 3. The van der Waals surface area contributed by atoms with Gasteiger partial charge in [0.2, 0.25) is 5.91 Å². The molecule has 1 aliphatic rings. The third-order valence-corrected chi connectivity index (χ3v) is 5.39. The number of halogens is 1. The Balaban J connectivity index is 1.56. The van der Waals surface area contributed by atoms with Gasteiger partial charge in [-0.05, 0) is 65.9 Å². The molecular weight excluding hydrogens is 370 g/mol. The first-order valence-electron chi connectivity index (χ1n) is 9.16. The molecule has 138 valence electrons. The molecule has 1 saturated heterocycles. The number of amides is 1. The molecule has 1 fully saturated rings. The van der Waals surface area contributed by atoms with Crippen LogP contribution in [0.2, 0.25) is 5.02 Å². The first kappa shape index (κ1) is 18.2. The number of carbonyl (C=O) groups excluding carboxylic acids is 1. The second-order valence-electron chi connectivity index (χ2n) is 6.89. The standard InChI is InChI=1S/C23H18ClN3O/c24-21-4-1-16(2-5-21)13-19-9-12-27(23(19)28)22-6-3-18(14-20(22)15-25)17-7-10-26-11-8-17/h1-8,10-11,14,19H,9,12-13H2. The van der Waals surface area contributed by atoms with Crippen molar-refractivity contribution in [2.75, 3.05) is 11.4 Å². The second-order valence-corrected chi connectivity index (χ2v) is 7.32. The Morgan fingerprint density at radius 3 is 2.54 bits per heavy atom. The van der Waals surface area contributed by atoms with E-state index >= 15 is 0 Å². The molecular formula is C23H18ClN3O. The van der Waals surface area contributed by atoms with E-state index in [1.165, 1.54) is 0 Å². The molecule has 0 N–H and O–H groups in total. The van der Waals surface area contributed by atoms with Crippen molar-refractivity contribution in [2.45, 2.75) is 12.8 Å². The quantitative estimate of drug-likeness (QED) is 0.641. The van der Waals surface area contributed by atoms with Crippen LogP contribution in [0.15, 0.2) is 67.0 Å². The van der Waals surface area contributed by atoms with Crippen molar-refractivity contribution >= 4 is 23.2 Å². The fourth-order valence-corrected chi connectivity index (χ4v) is 3.78. The van der Waals surface area contributed by atoms with Gasteiger partial charge in [0.25, 0.3) is 0 Å². The Labute approximate surface area is 169 Å². The van der Waals surface area contributed by atoms with E-state index in [0.717, 1.165) is 23.1 Å². The van der Waals surface area contributed by atoms with Crippen LogP contribution in [0.1, 0.15) is 17.5 Å². The fourth-order valence-electron chi connectivity index (χ4n) is 3.66. The molecule has 4 rings (SSSR count). The SMILES string of the molecule is N#Cc1cc(-c2ccncc2)ccc1N1CCC(Cc2ccc(Cl)cc2)C1=O. The maximum absolute atomic E-state index is 13.0. The molecule has 0 aliphatic carbocycles. The van der Waals surface area contributed by atoms with Crippen molar-refractivity contribution in [1.82, 2.24) is 4.98 Å². The van der Waals surface area contributed by atoms with Crippen LogP contribution in [0.25, 0.3) is 11.1 Å². The third kappa shape index (κ3) is 3.62. The Bertz CT molecular complexity index is 1040. The van der Waals surface area contributed by atoms with Crippen LogP contribution in [-0.4, -0.2) is 17.4 Å². The zero-order valence-corrected chi connectivity index (χ0v) is 15.9. The van der Waals surface area contributed by atoms with Gasteiger partial charge in [0.1, 0.15) is 6.07 Å². The van der Waals surface area contributed by atoms with Crippen LogP contribution in [0.3, 0.4) is 0 Å². The monoisotopic (exact) mass is 387 g/mol. The molecule has 3 aromatic rings. The van der Waals surface area contributed by atoms with Gasteiger partial charge in [0.05, 0.1) is 11.3 Å². The van der Waals surface area contributed by atoms with E-state index in [-0.39, 0.29) is 11.8 Å². The fraction of sp³-hybridized carbons (Fsp3) is 0.174. The van der Waals surface area contributed by atoms with Crippen molar-refractivity contribution in [3.63, 3.8) is 0 Å². The largest absolute Gasteiger partial charge is 0.311 e. The predicted octanol–water partition coefficient (Wildman–Crippen LogP) is 4.87. The lowest BCUT2D eigenvalue weighted by Crippen LogP contribution is -2.28. The highest BCUT2D eigenvalue weighted by Crippen LogP contribution is 2.32. The minimum absolute atomic E-state index is 0.0723. The second kappa shape index (κ2) is 7.84. The summed E-state index contributed by atoms with van der Waals surface area (Å²) in [6.45, 7) is 0.625. The van der Waals surface area contributed by atoms with Gasteiger partial charge in [-0.2, -0.15) is 5.26 Å². The summed E-state index contributed by atoms with van der Waals surface area (Å²) in [4.78, 5) is 18.8. The maximum Gasteiger partial charge on any atom is 0.230 e. The van der Waals surface area contributed by atoms with Crippen LogP contribution < -0.4 is 4.90 Å². The number of anilines is 1. The summed E-state index contributed by atoms with van der Waals surface area (Å²) in [5.41, 5.74) is 4.22. The molecule has 2 heterocycles. The van der Waals surface area contributed by atoms with E-state index < -0.39 is 0 Å². The molecule has 1 aliphatic heterocycles. The smallest absolute Gasteiger partial charge is 0.230 e. The van der Waals surface area contributed by atoms with Crippen molar-refractivity contribution < 1.29 is 4.79 Å². The summed E-state index contributed by atoms with van der Waals surface area (Å²) in [6.07, 6.45) is 4.91. The van der Waals surface area contributed by atoms with E-state index in [4.69, 9.17) is 11.6 Å². The molecule has 1 amide bonds.